The highest BCUT2D eigenvalue weighted by Crippen LogP contribution is 2.17. The molecule has 7 heteroatoms. The molecule has 1 amide bonds. The van der Waals surface area contributed by atoms with Crippen molar-refractivity contribution in [3.63, 3.8) is 0 Å². The number of imidazole rings is 1. The van der Waals surface area contributed by atoms with Crippen molar-refractivity contribution in [1.29, 1.82) is 0 Å². The van der Waals surface area contributed by atoms with Crippen molar-refractivity contribution in [3.05, 3.63) is 64.9 Å². The summed E-state index contributed by atoms with van der Waals surface area (Å²) in [5, 5.41) is 0. The fraction of sp³-hybridized carbons (Fsp3) is 0.211. The van der Waals surface area contributed by atoms with Gasteiger partial charge in [-0.1, -0.05) is 29.5 Å². The van der Waals surface area contributed by atoms with Crippen molar-refractivity contribution in [2.75, 3.05) is 13.7 Å². The molecule has 1 aromatic carbocycles. The van der Waals surface area contributed by atoms with E-state index in [1.807, 2.05) is 60.2 Å². The molecule has 0 saturated heterocycles. The summed E-state index contributed by atoms with van der Waals surface area (Å²) in [6.45, 7) is 3.02. The molecule has 0 aliphatic rings. The number of para-hydroxylation sites is 1. The Kier molecular flexibility index (Phi) is 4.40. The number of aromatic nitrogens is 3. The summed E-state index contributed by atoms with van der Waals surface area (Å²) in [7, 11) is 1.67. The third-order valence-corrected chi connectivity index (χ3v) is 5.27. The van der Waals surface area contributed by atoms with Crippen molar-refractivity contribution in [3.8, 4) is 0 Å². The Morgan fingerprint density at radius 3 is 2.88 bits per heavy atom. The molecule has 4 rings (SSSR count). The van der Waals surface area contributed by atoms with Gasteiger partial charge in [0.15, 0.2) is 4.80 Å². The number of rotatable bonds is 4. The average Bonchev–Trinajstić information content (AvgIpc) is 3.16. The summed E-state index contributed by atoms with van der Waals surface area (Å²) in [5.41, 5.74) is 2.97. The molecule has 0 fully saturated rings. The van der Waals surface area contributed by atoms with Gasteiger partial charge in [-0.25, -0.2) is 4.98 Å². The summed E-state index contributed by atoms with van der Waals surface area (Å²) < 4.78 is 10.1. The van der Waals surface area contributed by atoms with Gasteiger partial charge in [0.05, 0.1) is 22.5 Å². The van der Waals surface area contributed by atoms with Crippen LogP contribution in [0.3, 0.4) is 0 Å². The number of hydrogen-bond donors (Lipinski definition) is 0. The van der Waals surface area contributed by atoms with E-state index in [1.54, 1.807) is 11.5 Å². The highest BCUT2D eigenvalue weighted by Gasteiger charge is 2.16. The summed E-state index contributed by atoms with van der Waals surface area (Å²) >= 11 is 1.50. The van der Waals surface area contributed by atoms with Crippen LogP contribution >= 0.6 is 11.3 Å². The first-order valence-corrected chi connectivity index (χ1v) is 9.11. The standard InChI is InChI=1S/C19H18N4O2S/c1-13-17(23-10-6-5-9-16(23)20-13)18(24)21-19-22(11-12-25-2)14-7-3-4-8-15(14)26-19/h3-10H,11-12H2,1-2H3. The van der Waals surface area contributed by atoms with Crippen molar-refractivity contribution in [2.24, 2.45) is 4.99 Å². The van der Waals surface area contributed by atoms with Gasteiger partial charge in [-0.15, -0.1) is 0 Å². The molecule has 0 bridgehead atoms. The Morgan fingerprint density at radius 1 is 1.23 bits per heavy atom. The number of benzene rings is 1. The van der Waals surface area contributed by atoms with E-state index >= 15 is 0 Å². The smallest absolute Gasteiger partial charge is 0.298 e. The predicted molar refractivity (Wildman–Crippen MR) is 102 cm³/mol. The Morgan fingerprint density at radius 2 is 2.04 bits per heavy atom. The van der Waals surface area contributed by atoms with Crippen LogP contribution in [-0.2, 0) is 11.3 Å². The number of thiazole rings is 1. The highest BCUT2D eigenvalue weighted by atomic mass is 32.1. The van der Waals surface area contributed by atoms with E-state index in [2.05, 4.69) is 9.98 Å². The zero-order valence-corrected chi connectivity index (χ0v) is 15.4. The molecule has 26 heavy (non-hydrogen) atoms. The second kappa shape index (κ2) is 6.86. The van der Waals surface area contributed by atoms with Gasteiger partial charge < -0.3 is 9.30 Å². The van der Waals surface area contributed by atoms with Crippen molar-refractivity contribution >= 4 is 33.1 Å². The summed E-state index contributed by atoms with van der Waals surface area (Å²) in [4.78, 5) is 22.5. The van der Waals surface area contributed by atoms with Gasteiger partial charge in [0.1, 0.15) is 11.3 Å². The zero-order chi connectivity index (χ0) is 18.1. The number of amides is 1. The van der Waals surface area contributed by atoms with Crippen LogP contribution in [0.2, 0.25) is 0 Å². The van der Waals surface area contributed by atoms with Crippen LogP contribution < -0.4 is 4.80 Å². The maximum absolute atomic E-state index is 12.9. The monoisotopic (exact) mass is 366 g/mol. The molecule has 0 saturated carbocycles. The number of pyridine rings is 1. The topological polar surface area (TPSA) is 60.9 Å². The van der Waals surface area contributed by atoms with Crippen LogP contribution in [0, 0.1) is 6.92 Å². The lowest BCUT2D eigenvalue weighted by atomic mass is 10.3. The number of aryl methyl sites for hydroxylation is 1. The van der Waals surface area contributed by atoms with E-state index < -0.39 is 0 Å². The van der Waals surface area contributed by atoms with E-state index in [4.69, 9.17) is 4.74 Å². The maximum atomic E-state index is 12.9. The zero-order valence-electron chi connectivity index (χ0n) is 14.5. The number of methoxy groups -OCH3 is 1. The number of nitrogens with zero attached hydrogens (tertiary/aromatic N) is 4. The van der Waals surface area contributed by atoms with Gasteiger partial charge in [-0.05, 0) is 31.2 Å². The minimum atomic E-state index is -0.293. The molecular weight excluding hydrogens is 348 g/mol. The van der Waals surface area contributed by atoms with Gasteiger partial charge in [-0.3, -0.25) is 9.20 Å². The highest BCUT2D eigenvalue weighted by molar-refractivity contribution is 7.16. The minimum absolute atomic E-state index is 0.293. The third kappa shape index (κ3) is 2.85. The number of carbonyl (C=O) groups excluding carboxylic acids is 1. The molecule has 0 unspecified atom stereocenters. The molecule has 3 heterocycles. The quantitative estimate of drug-likeness (QED) is 0.558. The SMILES string of the molecule is COCCn1c(=NC(=O)c2c(C)nc3ccccn23)sc2ccccc21. The average molecular weight is 366 g/mol. The van der Waals surface area contributed by atoms with Gasteiger partial charge in [0, 0.05) is 19.9 Å². The number of hydrogen-bond acceptors (Lipinski definition) is 4. The Bertz CT molecular complexity index is 1170. The van der Waals surface area contributed by atoms with Crippen LogP contribution in [0.15, 0.2) is 53.7 Å². The van der Waals surface area contributed by atoms with Crippen LogP contribution in [0.4, 0.5) is 0 Å². The molecule has 0 spiro atoms. The molecule has 4 aromatic rings. The lowest BCUT2D eigenvalue weighted by molar-refractivity contribution is 0.0991. The summed E-state index contributed by atoms with van der Waals surface area (Å²) in [5.74, 6) is -0.293. The Hall–Kier alpha value is -2.77. The van der Waals surface area contributed by atoms with Crippen LogP contribution in [0.1, 0.15) is 16.2 Å². The largest absolute Gasteiger partial charge is 0.383 e. The lowest BCUT2D eigenvalue weighted by Crippen LogP contribution is -2.20. The van der Waals surface area contributed by atoms with E-state index in [0.717, 1.165) is 15.9 Å². The first kappa shape index (κ1) is 16.7. The van der Waals surface area contributed by atoms with Crippen LogP contribution in [0.25, 0.3) is 15.9 Å². The van der Waals surface area contributed by atoms with Crippen molar-refractivity contribution in [2.45, 2.75) is 13.5 Å². The summed E-state index contributed by atoms with van der Waals surface area (Å²) in [6.07, 6.45) is 1.84. The van der Waals surface area contributed by atoms with Gasteiger partial charge in [-0.2, -0.15) is 4.99 Å². The maximum Gasteiger partial charge on any atom is 0.298 e. The first-order chi connectivity index (χ1) is 12.7. The first-order valence-electron chi connectivity index (χ1n) is 8.29. The fourth-order valence-corrected chi connectivity index (χ4v) is 4.07. The van der Waals surface area contributed by atoms with E-state index in [1.165, 1.54) is 11.3 Å². The minimum Gasteiger partial charge on any atom is -0.383 e. The molecule has 0 aliphatic carbocycles. The molecule has 0 N–H and O–H groups in total. The molecule has 3 aromatic heterocycles. The number of fused-ring (bicyclic) bond motifs is 2. The molecule has 6 nitrogen and oxygen atoms in total. The Labute approximate surface area is 154 Å². The van der Waals surface area contributed by atoms with Gasteiger partial charge >= 0.3 is 0 Å². The van der Waals surface area contributed by atoms with Crippen LogP contribution in [-0.4, -0.2) is 33.6 Å². The summed E-state index contributed by atoms with van der Waals surface area (Å²) in [6, 6.07) is 13.7. The second-order valence-electron chi connectivity index (χ2n) is 5.89. The normalized spacial score (nSPS) is 12.3. The predicted octanol–water partition coefficient (Wildman–Crippen LogP) is 3.05. The van der Waals surface area contributed by atoms with E-state index in [0.29, 0.717) is 29.3 Å². The van der Waals surface area contributed by atoms with Crippen molar-refractivity contribution < 1.29 is 9.53 Å². The molecular formula is C19H18N4O2S. The molecule has 0 radical (unpaired) electrons. The van der Waals surface area contributed by atoms with E-state index in [-0.39, 0.29) is 5.91 Å². The third-order valence-electron chi connectivity index (χ3n) is 4.21. The second-order valence-corrected chi connectivity index (χ2v) is 6.90. The molecule has 0 atom stereocenters. The van der Waals surface area contributed by atoms with Gasteiger partial charge in [0.25, 0.3) is 5.91 Å². The Balaban J connectivity index is 1.87. The van der Waals surface area contributed by atoms with E-state index in [9.17, 15) is 4.79 Å². The molecule has 0 aliphatic heterocycles. The fourth-order valence-electron chi connectivity index (χ4n) is 3.02. The number of carbonyl (C=O) groups is 1. The van der Waals surface area contributed by atoms with Crippen molar-refractivity contribution in [1.82, 2.24) is 14.0 Å². The van der Waals surface area contributed by atoms with Crippen LogP contribution in [0.5, 0.6) is 0 Å². The molecule has 132 valence electrons. The lowest BCUT2D eigenvalue weighted by Gasteiger charge is -2.04. The van der Waals surface area contributed by atoms with Gasteiger partial charge in [0.2, 0.25) is 0 Å². The number of ether oxygens (including phenoxy) is 1.